The smallest absolute Gasteiger partial charge is 0.247 e. The number of rotatable bonds is 3. The number of hydrogen-bond donors (Lipinski definition) is 1. The van der Waals surface area contributed by atoms with Gasteiger partial charge in [0, 0.05) is 5.70 Å². The van der Waals surface area contributed by atoms with Crippen molar-refractivity contribution in [2.24, 2.45) is 23.7 Å². The molecule has 0 spiro atoms. The summed E-state index contributed by atoms with van der Waals surface area (Å²) >= 11 is 0. The molecule has 1 aliphatic rings. The molecule has 0 aromatic heterocycles. The number of allylic oxidation sites excluding steroid dienone is 3. The molecule has 1 amide bonds. The molecule has 1 atom stereocenters. The lowest BCUT2D eigenvalue weighted by Gasteiger charge is -2.26. The normalized spacial score (nSPS) is 27.2. The summed E-state index contributed by atoms with van der Waals surface area (Å²) < 4.78 is 0. The van der Waals surface area contributed by atoms with Crippen molar-refractivity contribution in [3.05, 3.63) is 23.4 Å². The first-order valence-corrected chi connectivity index (χ1v) is 7.53. The van der Waals surface area contributed by atoms with E-state index >= 15 is 0 Å². The minimum Gasteiger partial charge on any atom is -0.326 e. The van der Waals surface area contributed by atoms with E-state index in [9.17, 15) is 4.79 Å². The summed E-state index contributed by atoms with van der Waals surface area (Å²) in [5, 5.41) is 3.10. The lowest BCUT2D eigenvalue weighted by molar-refractivity contribution is -0.116. The van der Waals surface area contributed by atoms with Crippen molar-refractivity contribution in [3.63, 3.8) is 0 Å². The Morgan fingerprint density at radius 1 is 1.11 bits per heavy atom. The fourth-order valence-corrected chi connectivity index (χ4v) is 2.65. The van der Waals surface area contributed by atoms with Gasteiger partial charge in [0.2, 0.25) is 5.91 Å². The van der Waals surface area contributed by atoms with Gasteiger partial charge in [-0.2, -0.15) is 0 Å². The average molecular weight is 263 g/mol. The van der Waals surface area contributed by atoms with E-state index < -0.39 is 0 Å². The lowest BCUT2D eigenvalue weighted by atomic mass is 9.81. The van der Waals surface area contributed by atoms with E-state index in [-0.39, 0.29) is 5.91 Å². The van der Waals surface area contributed by atoms with Crippen molar-refractivity contribution in [2.75, 3.05) is 0 Å². The molecule has 1 heterocycles. The van der Waals surface area contributed by atoms with Crippen LogP contribution in [0.4, 0.5) is 0 Å². The van der Waals surface area contributed by atoms with E-state index in [2.05, 4.69) is 46.9 Å². The van der Waals surface area contributed by atoms with Crippen LogP contribution in [-0.4, -0.2) is 5.91 Å². The fraction of sp³-hybridized carbons (Fsp3) is 0.706. The molecule has 1 rings (SSSR count). The van der Waals surface area contributed by atoms with E-state index in [0.29, 0.717) is 23.7 Å². The van der Waals surface area contributed by atoms with Gasteiger partial charge >= 0.3 is 0 Å². The van der Waals surface area contributed by atoms with Crippen LogP contribution in [0, 0.1) is 23.7 Å². The Bertz CT molecular complexity index is 375. The van der Waals surface area contributed by atoms with Gasteiger partial charge in [0.15, 0.2) is 0 Å². The predicted octanol–water partition coefficient (Wildman–Crippen LogP) is 4.29. The second-order valence-corrected chi connectivity index (χ2v) is 6.58. The molecule has 0 aliphatic carbocycles. The molecule has 0 saturated carbocycles. The molecule has 0 aromatic carbocycles. The van der Waals surface area contributed by atoms with Crippen LogP contribution in [0.1, 0.15) is 54.4 Å². The van der Waals surface area contributed by atoms with E-state index in [0.717, 1.165) is 18.5 Å². The molecule has 1 N–H and O–H groups in total. The van der Waals surface area contributed by atoms with E-state index in [1.54, 1.807) is 6.08 Å². The first kappa shape index (κ1) is 16.0. The molecule has 19 heavy (non-hydrogen) atoms. The van der Waals surface area contributed by atoms with Gasteiger partial charge in [-0.3, -0.25) is 4.79 Å². The molecule has 0 saturated heterocycles. The fourth-order valence-electron chi connectivity index (χ4n) is 2.65. The SMILES string of the molecule is CC(C)/C1=C(\C(C)C)NC(=O)/C=C\CC(C(C)C)C1. The maximum atomic E-state index is 11.9. The highest BCUT2D eigenvalue weighted by atomic mass is 16.1. The van der Waals surface area contributed by atoms with Crippen LogP contribution in [0.15, 0.2) is 23.4 Å². The molecule has 2 heteroatoms. The Kier molecular flexibility index (Phi) is 5.84. The maximum absolute atomic E-state index is 11.9. The highest BCUT2D eigenvalue weighted by molar-refractivity contribution is 5.89. The Hall–Kier alpha value is -1.05. The lowest BCUT2D eigenvalue weighted by Crippen LogP contribution is -2.26. The third-order valence-corrected chi connectivity index (χ3v) is 4.01. The van der Waals surface area contributed by atoms with Crippen molar-refractivity contribution in [3.8, 4) is 0 Å². The Labute approximate surface area is 118 Å². The Balaban J connectivity index is 3.20. The molecule has 0 fully saturated rings. The van der Waals surface area contributed by atoms with Crippen molar-refractivity contribution in [1.29, 1.82) is 0 Å². The summed E-state index contributed by atoms with van der Waals surface area (Å²) in [6, 6.07) is 0. The standard InChI is InChI=1S/C17H29NO/c1-11(2)14-8-7-9-16(19)18-17(13(5)6)15(10-14)12(3)4/h7,9,11-14H,8,10H2,1-6H3,(H,18,19)/b9-7-,17-15+. The third kappa shape index (κ3) is 4.52. The topological polar surface area (TPSA) is 29.1 Å². The zero-order valence-corrected chi connectivity index (χ0v) is 13.3. The Morgan fingerprint density at radius 3 is 2.21 bits per heavy atom. The van der Waals surface area contributed by atoms with Gasteiger partial charge in [0.05, 0.1) is 0 Å². The van der Waals surface area contributed by atoms with Crippen molar-refractivity contribution in [1.82, 2.24) is 5.32 Å². The van der Waals surface area contributed by atoms with E-state index in [1.807, 2.05) is 6.08 Å². The van der Waals surface area contributed by atoms with Crippen LogP contribution in [0.25, 0.3) is 0 Å². The van der Waals surface area contributed by atoms with Gasteiger partial charge < -0.3 is 5.32 Å². The minimum atomic E-state index is 0.0197. The monoisotopic (exact) mass is 263 g/mol. The number of nitrogens with one attached hydrogen (secondary N) is 1. The largest absolute Gasteiger partial charge is 0.326 e. The number of amides is 1. The third-order valence-electron chi connectivity index (χ3n) is 4.01. The molecule has 1 unspecified atom stereocenters. The van der Waals surface area contributed by atoms with Gasteiger partial charge in [-0.15, -0.1) is 0 Å². The van der Waals surface area contributed by atoms with Crippen LogP contribution in [0.5, 0.6) is 0 Å². The summed E-state index contributed by atoms with van der Waals surface area (Å²) in [5.41, 5.74) is 2.56. The quantitative estimate of drug-likeness (QED) is 0.808. The molecule has 108 valence electrons. The maximum Gasteiger partial charge on any atom is 0.247 e. The molecule has 0 radical (unpaired) electrons. The zero-order chi connectivity index (χ0) is 14.6. The van der Waals surface area contributed by atoms with Crippen LogP contribution in [0.3, 0.4) is 0 Å². The summed E-state index contributed by atoms with van der Waals surface area (Å²) in [6.07, 6.45) is 5.81. The summed E-state index contributed by atoms with van der Waals surface area (Å²) in [5.74, 6) is 2.12. The van der Waals surface area contributed by atoms with Gasteiger partial charge in [-0.25, -0.2) is 0 Å². The molecule has 2 nitrogen and oxygen atoms in total. The Morgan fingerprint density at radius 2 is 1.74 bits per heavy atom. The van der Waals surface area contributed by atoms with Crippen molar-refractivity contribution >= 4 is 5.91 Å². The molecule has 0 aromatic rings. The second-order valence-electron chi connectivity index (χ2n) is 6.58. The molecular formula is C17H29NO. The van der Waals surface area contributed by atoms with Crippen LogP contribution in [0.2, 0.25) is 0 Å². The number of hydrogen-bond acceptors (Lipinski definition) is 1. The van der Waals surface area contributed by atoms with Crippen molar-refractivity contribution in [2.45, 2.75) is 54.4 Å². The van der Waals surface area contributed by atoms with Gasteiger partial charge in [0.1, 0.15) is 0 Å². The number of carbonyl (C=O) groups is 1. The summed E-state index contributed by atoms with van der Waals surface area (Å²) in [6.45, 7) is 13.3. The predicted molar refractivity (Wildman–Crippen MR) is 81.5 cm³/mol. The first-order chi connectivity index (χ1) is 8.82. The van der Waals surface area contributed by atoms with Crippen LogP contribution in [-0.2, 0) is 4.79 Å². The van der Waals surface area contributed by atoms with Gasteiger partial charge in [0.25, 0.3) is 0 Å². The van der Waals surface area contributed by atoms with E-state index in [1.165, 1.54) is 5.57 Å². The van der Waals surface area contributed by atoms with Crippen LogP contribution >= 0.6 is 0 Å². The zero-order valence-electron chi connectivity index (χ0n) is 13.3. The molecular weight excluding hydrogens is 234 g/mol. The average Bonchev–Trinajstić information content (AvgIpc) is 2.37. The van der Waals surface area contributed by atoms with Gasteiger partial charge in [-0.1, -0.05) is 47.6 Å². The summed E-state index contributed by atoms with van der Waals surface area (Å²) in [7, 11) is 0. The highest BCUT2D eigenvalue weighted by Gasteiger charge is 2.22. The second kappa shape index (κ2) is 6.93. The summed E-state index contributed by atoms with van der Waals surface area (Å²) in [4.78, 5) is 11.9. The van der Waals surface area contributed by atoms with Crippen molar-refractivity contribution < 1.29 is 4.79 Å². The molecule has 1 aliphatic heterocycles. The van der Waals surface area contributed by atoms with E-state index in [4.69, 9.17) is 0 Å². The van der Waals surface area contributed by atoms with Gasteiger partial charge in [-0.05, 0) is 48.2 Å². The molecule has 0 bridgehead atoms. The first-order valence-electron chi connectivity index (χ1n) is 7.53. The minimum absolute atomic E-state index is 0.0197. The van der Waals surface area contributed by atoms with Crippen LogP contribution < -0.4 is 5.32 Å². The highest BCUT2D eigenvalue weighted by Crippen LogP contribution is 2.31. The number of carbonyl (C=O) groups excluding carboxylic acids is 1.